The van der Waals surface area contributed by atoms with E-state index in [1.54, 1.807) is 48.5 Å². The third-order valence-corrected chi connectivity index (χ3v) is 5.00. The Bertz CT molecular complexity index is 954. The van der Waals surface area contributed by atoms with Crippen molar-refractivity contribution < 1.29 is 12.8 Å². The van der Waals surface area contributed by atoms with E-state index < -0.39 is 15.8 Å². The van der Waals surface area contributed by atoms with E-state index in [4.69, 9.17) is 5.73 Å². The van der Waals surface area contributed by atoms with Crippen molar-refractivity contribution >= 4 is 26.5 Å². The Balaban J connectivity index is 2.04. The molecule has 3 aromatic carbocycles. The first-order valence-corrected chi connectivity index (χ1v) is 8.48. The van der Waals surface area contributed by atoms with Gasteiger partial charge in [-0.15, -0.1) is 0 Å². The molecule has 0 fully saturated rings. The maximum absolute atomic E-state index is 13.8. The summed E-state index contributed by atoms with van der Waals surface area (Å²) in [5, 5.41) is 0.618. The molecular formula is C17H15FN2O2S. The third kappa shape index (κ3) is 3.04. The lowest BCUT2D eigenvalue weighted by molar-refractivity contribution is 0.601. The molecule has 0 unspecified atom stereocenters. The number of benzene rings is 3. The molecule has 0 aromatic heterocycles. The molecule has 3 aromatic rings. The molecule has 0 amide bonds. The smallest absolute Gasteiger partial charge is 0.262 e. The molecule has 0 spiro atoms. The van der Waals surface area contributed by atoms with Gasteiger partial charge in [0.2, 0.25) is 0 Å². The van der Waals surface area contributed by atoms with Gasteiger partial charge in [0.15, 0.2) is 0 Å². The van der Waals surface area contributed by atoms with E-state index in [0.717, 1.165) is 11.6 Å². The number of nitrogens with two attached hydrogens (primary N) is 1. The molecule has 0 aliphatic heterocycles. The van der Waals surface area contributed by atoms with Crippen LogP contribution in [0.1, 0.15) is 5.56 Å². The molecule has 4 nitrogen and oxygen atoms in total. The van der Waals surface area contributed by atoms with Crippen molar-refractivity contribution in [3.8, 4) is 0 Å². The minimum Gasteiger partial charge on any atom is -0.326 e. The van der Waals surface area contributed by atoms with Crippen LogP contribution in [-0.2, 0) is 16.6 Å². The monoisotopic (exact) mass is 330 g/mol. The van der Waals surface area contributed by atoms with Gasteiger partial charge in [0.05, 0.1) is 4.90 Å². The van der Waals surface area contributed by atoms with Crippen molar-refractivity contribution in [1.29, 1.82) is 0 Å². The SMILES string of the molecule is NCc1ccc(NS(=O)(=O)c2ccc(F)c3ccccc23)cc1. The molecule has 3 rings (SSSR count). The van der Waals surface area contributed by atoms with Gasteiger partial charge < -0.3 is 5.73 Å². The second-order valence-electron chi connectivity index (χ2n) is 5.10. The fourth-order valence-corrected chi connectivity index (χ4v) is 3.66. The fraction of sp³-hybridized carbons (Fsp3) is 0.0588. The summed E-state index contributed by atoms with van der Waals surface area (Å²) >= 11 is 0. The van der Waals surface area contributed by atoms with Crippen molar-refractivity contribution in [2.75, 3.05) is 4.72 Å². The zero-order valence-corrected chi connectivity index (χ0v) is 13.0. The Kier molecular flexibility index (Phi) is 4.02. The number of halogens is 1. The van der Waals surface area contributed by atoms with Crippen molar-refractivity contribution in [1.82, 2.24) is 0 Å². The quantitative estimate of drug-likeness (QED) is 0.771. The first-order chi connectivity index (χ1) is 11.0. The predicted molar refractivity (Wildman–Crippen MR) is 89.0 cm³/mol. The number of anilines is 1. The summed E-state index contributed by atoms with van der Waals surface area (Å²) in [4.78, 5) is 0.0393. The minimum absolute atomic E-state index is 0.0393. The average molecular weight is 330 g/mol. The Morgan fingerprint density at radius 1 is 0.913 bits per heavy atom. The molecular weight excluding hydrogens is 315 g/mol. The molecule has 0 aliphatic carbocycles. The molecule has 0 heterocycles. The Morgan fingerprint density at radius 3 is 2.22 bits per heavy atom. The first kappa shape index (κ1) is 15.5. The standard InChI is InChI=1S/C17H15FN2O2S/c18-16-9-10-17(15-4-2-1-3-14(15)16)23(21,22)20-13-7-5-12(11-19)6-8-13/h1-10,20H,11,19H2. The van der Waals surface area contributed by atoms with Crippen LogP contribution in [0.25, 0.3) is 10.8 Å². The van der Waals surface area contributed by atoms with Crippen LogP contribution in [0.3, 0.4) is 0 Å². The van der Waals surface area contributed by atoms with Gasteiger partial charge in [0.25, 0.3) is 10.0 Å². The molecule has 0 atom stereocenters. The highest BCUT2D eigenvalue weighted by molar-refractivity contribution is 7.93. The van der Waals surface area contributed by atoms with E-state index in [9.17, 15) is 12.8 Å². The van der Waals surface area contributed by atoms with Crippen LogP contribution in [0.4, 0.5) is 10.1 Å². The highest BCUT2D eigenvalue weighted by Gasteiger charge is 2.18. The normalized spacial score (nSPS) is 11.6. The van der Waals surface area contributed by atoms with Gasteiger partial charge in [-0.3, -0.25) is 4.72 Å². The molecule has 6 heteroatoms. The highest BCUT2D eigenvalue weighted by Crippen LogP contribution is 2.27. The summed E-state index contributed by atoms with van der Waals surface area (Å²) in [6.07, 6.45) is 0. The molecule has 0 bridgehead atoms. The Morgan fingerprint density at radius 2 is 1.57 bits per heavy atom. The number of sulfonamides is 1. The van der Waals surface area contributed by atoms with E-state index in [2.05, 4.69) is 4.72 Å². The maximum atomic E-state index is 13.8. The zero-order valence-electron chi connectivity index (χ0n) is 12.2. The summed E-state index contributed by atoms with van der Waals surface area (Å²) in [7, 11) is -3.82. The lowest BCUT2D eigenvalue weighted by Crippen LogP contribution is -2.13. The van der Waals surface area contributed by atoms with Crippen molar-refractivity contribution in [2.24, 2.45) is 5.73 Å². The van der Waals surface area contributed by atoms with E-state index in [0.29, 0.717) is 17.6 Å². The predicted octanol–water partition coefficient (Wildman–Crippen LogP) is 3.24. The van der Waals surface area contributed by atoms with Gasteiger partial charge in [-0.25, -0.2) is 12.8 Å². The molecule has 3 N–H and O–H groups in total. The van der Waals surface area contributed by atoms with Crippen LogP contribution < -0.4 is 10.5 Å². The molecule has 0 radical (unpaired) electrons. The molecule has 0 saturated carbocycles. The van der Waals surface area contributed by atoms with E-state index in [1.807, 2.05) is 0 Å². The van der Waals surface area contributed by atoms with Crippen molar-refractivity contribution in [3.05, 3.63) is 72.0 Å². The lowest BCUT2D eigenvalue weighted by Gasteiger charge is -2.11. The molecule has 0 aliphatic rings. The van der Waals surface area contributed by atoms with Crippen LogP contribution in [0.2, 0.25) is 0 Å². The van der Waals surface area contributed by atoms with Crippen molar-refractivity contribution in [2.45, 2.75) is 11.4 Å². The molecule has 0 saturated heterocycles. The largest absolute Gasteiger partial charge is 0.326 e. The molecule has 23 heavy (non-hydrogen) atoms. The topological polar surface area (TPSA) is 72.2 Å². The Labute approximate surface area is 133 Å². The van der Waals surface area contributed by atoms with Gasteiger partial charge >= 0.3 is 0 Å². The highest BCUT2D eigenvalue weighted by atomic mass is 32.2. The second-order valence-corrected chi connectivity index (χ2v) is 6.75. The summed E-state index contributed by atoms with van der Waals surface area (Å²) in [6.45, 7) is 0.385. The summed E-state index contributed by atoms with van der Waals surface area (Å²) in [6, 6.07) is 15.7. The van der Waals surface area contributed by atoms with E-state index >= 15 is 0 Å². The maximum Gasteiger partial charge on any atom is 0.262 e. The fourth-order valence-electron chi connectivity index (χ4n) is 2.39. The van der Waals surface area contributed by atoms with Gasteiger partial charge in [0, 0.05) is 23.0 Å². The number of nitrogens with one attached hydrogen (secondary N) is 1. The summed E-state index contributed by atoms with van der Waals surface area (Å²) in [5.74, 6) is -0.452. The van der Waals surface area contributed by atoms with Gasteiger partial charge in [-0.05, 0) is 29.8 Å². The third-order valence-electron chi connectivity index (χ3n) is 3.56. The van der Waals surface area contributed by atoms with Crippen LogP contribution in [0, 0.1) is 5.82 Å². The average Bonchev–Trinajstić information content (AvgIpc) is 2.55. The number of hydrogen-bond donors (Lipinski definition) is 2. The van der Waals surface area contributed by atoms with Crippen LogP contribution in [0.15, 0.2) is 65.6 Å². The minimum atomic E-state index is -3.82. The summed E-state index contributed by atoms with van der Waals surface area (Å²) < 4.78 is 41.6. The van der Waals surface area contributed by atoms with E-state index in [1.165, 1.54) is 6.07 Å². The van der Waals surface area contributed by atoms with Crippen LogP contribution in [0.5, 0.6) is 0 Å². The number of rotatable bonds is 4. The van der Waals surface area contributed by atoms with Gasteiger partial charge in [-0.2, -0.15) is 0 Å². The Hall–Kier alpha value is -2.44. The lowest BCUT2D eigenvalue weighted by atomic mass is 10.1. The molecule has 118 valence electrons. The number of fused-ring (bicyclic) bond motifs is 1. The summed E-state index contributed by atoms with van der Waals surface area (Å²) in [5.41, 5.74) is 6.85. The zero-order chi connectivity index (χ0) is 16.4. The second kappa shape index (κ2) is 5.98. The first-order valence-electron chi connectivity index (χ1n) is 7.00. The van der Waals surface area contributed by atoms with E-state index in [-0.39, 0.29) is 10.3 Å². The van der Waals surface area contributed by atoms with Gasteiger partial charge in [-0.1, -0.05) is 36.4 Å². The van der Waals surface area contributed by atoms with Crippen LogP contribution in [-0.4, -0.2) is 8.42 Å². The number of hydrogen-bond acceptors (Lipinski definition) is 3. The van der Waals surface area contributed by atoms with Crippen LogP contribution >= 0.6 is 0 Å². The van der Waals surface area contributed by atoms with Gasteiger partial charge in [0.1, 0.15) is 5.82 Å². The van der Waals surface area contributed by atoms with Crippen molar-refractivity contribution in [3.63, 3.8) is 0 Å².